The first-order chi connectivity index (χ1) is 6.20. The topological polar surface area (TPSA) is 101 Å². The number of hydrogen-bond acceptors (Lipinski definition) is 3. The highest BCUT2D eigenvalue weighted by molar-refractivity contribution is 7.79. The first kappa shape index (κ1) is 13.2. The molecule has 0 aliphatic carbocycles. The van der Waals surface area contributed by atoms with Crippen molar-refractivity contribution in [2.24, 2.45) is 0 Å². The van der Waals surface area contributed by atoms with Crippen LogP contribution in [0, 0.1) is 6.92 Å². The largest absolute Gasteiger partial charge is 0.398 e. The lowest BCUT2D eigenvalue weighted by molar-refractivity contribution is 0.381. The highest BCUT2D eigenvalue weighted by Gasteiger charge is 1.92. The molecule has 0 radical (unpaired) electrons. The van der Waals surface area contributed by atoms with Gasteiger partial charge in [-0.15, -0.1) is 0 Å². The van der Waals surface area contributed by atoms with Gasteiger partial charge < -0.3 is 5.73 Å². The molecule has 0 saturated carbocycles. The molecular formula is C7H10ClNO4S. The molecule has 0 bridgehead atoms. The number of rotatable bonds is 0. The van der Waals surface area contributed by atoms with Gasteiger partial charge in [-0.2, -0.15) is 8.42 Å². The molecule has 4 N–H and O–H groups in total. The SMILES string of the molecule is Cc1ccc(N)c(Cl)c1.O=S(=O)(O)O. The molecule has 0 amide bonds. The van der Waals surface area contributed by atoms with E-state index >= 15 is 0 Å². The Hall–Kier alpha value is -0.820. The monoisotopic (exact) mass is 239 g/mol. The zero-order valence-corrected chi connectivity index (χ0v) is 8.88. The van der Waals surface area contributed by atoms with Crippen molar-refractivity contribution in [3.05, 3.63) is 28.8 Å². The normalized spacial score (nSPS) is 10.3. The Balaban J connectivity index is 0.000000292. The molecule has 1 aromatic carbocycles. The van der Waals surface area contributed by atoms with Crippen molar-refractivity contribution in [2.45, 2.75) is 6.92 Å². The van der Waals surface area contributed by atoms with Crippen LogP contribution in [0.15, 0.2) is 18.2 Å². The Kier molecular flexibility index (Phi) is 4.86. The molecule has 7 heteroatoms. The van der Waals surface area contributed by atoms with Gasteiger partial charge in [-0.3, -0.25) is 9.11 Å². The molecule has 0 fully saturated rings. The Morgan fingerprint density at radius 3 is 2.07 bits per heavy atom. The molecule has 1 rings (SSSR count). The number of hydrogen-bond donors (Lipinski definition) is 3. The van der Waals surface area contributed by atoms with E-state index in [9.17, 15) is 0 Å². The Labute approximate surface area is 87.1 Å². The fourth-order valence-corrected chi connectivity index (χ4v) is 0.867. The molecule has 0 spiro atoms. The van der Waals surface area contributed by atoms with Crippen LogP contribution in [0.25, 0.3) is 0 Å². The Morgan fingerprint density at radius 2 is 1.79 bits per heavy atom. The minimum Gasteiger partial charge on any atom is -0.398 e. The number of nitrogen functional groups attached to an aromatic ring is 1. The van der Waals surface area contributed by atoms with Gasteiger partial charge in [0.15, 0.2) is 0 Å². The molecule has 0 aliphatic rings. The zero-order valence-electron chi connectivity index (χ0n) is 7.31. The number of benzene rings is 1. The van der Waals surface area contributed by atoms with Crippen LogP contribution < -0.4 is 5.73 Å². The van der Waals surface area contributed by atoms with Crippen molar-refractivity contribution >= 4 is 27.7 Å². The summed E-state index contributed by atoms with van der Waals surface area (Å²) in [5.41, 5.74) is 7.23. The lowest BCUT2D eigenvalue weighted by atomic mass is 10.2. The summed E-state index contributed by atoms with van der Waals surface area (Å²) in [6.07, 6.45) is 0. The number of halogens is 1. The van der Waals surface area contributed by atoms with E-state index in [2.05, 4.69) is 0 Å². The van der Waals surface area contributed by atoms with Crippen LogP contribution in [0.2, 0.25) is 5.02 Å². The Bertz CT molecular complexity index is 396. The maximum Gasteiger partial charge on any atom is 0.394 e. The van der Waals surface area contributed by atoms with E-state index in [0.29, 0.717) is 10.7 Å². The smallest absolute Gasteiger partial charge is 0.394 e. The van der Waals surface area contributed by atoms with Crippen LogP contribution in [-0.2, 0) is 10.4 Å². The van der Waals surface area contributed by atoms with Gasteiger partial charge in [-0.1, -0.05) is 17.7 Å². The minimum absolute atomic E-state index is 0.634. The fourth-order valence-electron chi connectivity index (χ4n) is 0.632. The van der Waals surface area contributed by atoms with Gasteiger partial charge in [-0.25, -0.2) is 0 Å². The average Bonchev–Trinajstić information content (AvgIpc) is 1.94. The van der Waals surface area contributed by atoms with Crippen LogP contribution in [0.1, 0.15) is 5.56 Å². The van der Waals surface area contributed by atoms with Crippen molar-refractivity contribution in [3.8, 4) is 0 Å². The first-order valence-electron chi connectivity index (χ1n) is 3.41. The summed E-state index contributed by atoms with van der Waals surface area (Å²) in [4.78, 5) is 0. The van der Waals surface area contributed by atoms with Gasteiger partial charge in [0.2, 0.25) is 0 Å². The molecule has 0 atom stereocenters. The summed E-state index contributed by atoms with van der Waals surface area (Å²) in [5.74, 6) is 0. The first-order valence-corrected chi connectivity index (χ1v) is 5.19. The standard InChI is InChI=1S/C7H8ClN.H2O4S/c1-5-2-3-7(9)6(8)4-5;1-5(2,3)4/h2-4H,9H2,1H3;(H2,1,2,3,4). The summed E-state index contributed by atoms with van der Waals surface area (Å²) >= 11 is 5.69. The molecule has 5 nitrogen and oxygen atoms in total. The van der Waals surface area contributed by atoms with Gasteiger partial charge in [0.05, 0.1) is 10.7 Å². The van der Waals surface area contributed by atoms with E-state index in [1.165, 1.54) is 0 Å². The Morgan fingerprint density at radius 1 is 1.36 bits per heavy atom. The van der Waals surface area contributed by atoms with E-state index in [1.807, 2.05) is 19.1 Å². The lowest BCUT2D eigenvalue weighted by Gasteiger charge is -1.96. The van der Waals surface area contributed by atoms with Gasteiger partial charge in [0.25, 0.3) is 0 Å². The fraction of sp³-hybridized carbons (Fsp3) is 0.143. The summed E-state index contributed by atoms with van der Waals surface area (Å²) in [6, 6.07) is 5.58. The minimum atomic E-state index is -4.67. The number of anilines is 1. The van der Waals surface area contributed by atoms with E-state index in [4.69, 9.17) is 34.9 Å². The van der Waals surface area contributed by atoms with Crippen LogP contribution in [0.4, 0.5) is 5.69 Å². The third-order valence-corrected chi connectivity index (χ3v) is 1.48. The van der Waals surface area contributed by atoms with E-state index in [1.54, 1.807) is 6.07 Å². The summed E-state index contributed by atoms with van der Waals surface area (Å²) in [7, 11) is -4.67. The zero-order chi connectivity index (χ0) is 11.4. The van der Waals surface area contributed by atoms with Crippen LogP contribution in [0.5, 0.6) is 0 Å². The third-order valence-electron chi connectivity index (χ3n) is 1.16. The third kappa shape index (κ3) is 7.81. The van der Waals surface area contributed by atoms with E-state index in [-0.39, 0.29) is 0 Å². The molecule has 14 heavy (non-hydrogen) atoms. The molecule has 0 aliphatic heterocycles. The molecule has 0 unspecified atom stereocenters. The average molecular weight is 240 g/mol. The number of aryl methyl sites for hydroxylation is 1. The van der Waals surface area contributed by atoms with Crippen LogP contribution in [-0.4, -0.2) is 17.5 Å². The molecule has 80 valence electrons. The van der Waals surface area contributed by atoms with Crippen LogP contribution in [0.3, 0.4) is 0 Å². The quantitative estimate of drug-likeness (QED) is 0.471. The lowest BCUT2D eigenvalue weighted by Crippen LogP contribution is -1.89. The predicted octanol–water partition coefficient (Wildman–Crippen LogP) is 1.58. The molecule has 0 heterocycles. The molecule has 0 saturated heterocycles. The molecular weight excluding hydrogens is 230 g/mol. The second-order valence-electron chi connectivity index (χ2n) is 2.47. The summed E-state index contributed by atoms with van der Waals surface area (Å²) in [6.45, 7) is 1.98. The maximum atomic E-state index is 8.74. The van der Waals surface area contributed by atoms with Gasteiger partial charge in [0, 0.05) is 0 Å². The second kappa shape index (κ2) is 5.16. The molecule has 0 aromatic heterocycles. The van der Waals surface area contributed by atoms with Gasteiger partial charge >= 0.3 is 10.4 Å². The van der Waals surface area contributed by atoms with Crippen molar-refractivity contribution in [1.82, 2.24) is 0 Å². The van der Waals surface area contributed by atoms with Gasteiger partial charge in [-0.05, 0) is 24.6 Å². The van der Waals surface area contributed by atoms with E-state index < -0.39 is 10.4 Å². The van der Waals surface area contributed by atoms with Gasteiger partial charge in [0.1, 0.15) is 0 Å². The summed E-state index contributed by atoms with van der Waals surface area (Å²) < 4.78 is 31.6. The van der Waals surface area contributed by atoms with Crippen molar-refractivity contribution in [3.63, 3.8) is 0 Å². The number of nitrogens with two attached hydrogens (primary N) is 1. The highest BCUT2D eigenvalue weighted by Crippen LogP contribution is 2.18. The van der Waals surface area contributed by atoms with Crippen molar-refractivity contribution in [1.29, 1.82) is 0 Å². The van der Waals surface area contributed by atoms with Crippen LogP contribution >= 0.6 is 11.6 Å². The van der Waals surface area contributed by atoms with Crippen molar-refractivity contribution in [2.75, 3.05) is 5.73 Å². The molecule has 1 aromatic rings. The van der Waals surface area contributed by atoms with Crippen molar-refractivity contribution < 1.29 is 17.5 Å². The summed E-state index contributed by atoms with van der Waals surface area (Å²) in [5, 5.41) is 0.634. The predicted molar refractivity (Wildman–Crippen MR) is 54.8 cm³/mol. The maximum absolute atomic E-state index is 8.74. The van der Waals surface area contributed by atoms with E-state index in [0.717, 1.165) is 5.56 Å². The second-order valence-corrected chi connectivity index (χ2v) is 3.78. The highest BCUT2D eigenvalue weighted by atomic mass is 35.5.